The van der Waals surface area contributed by atoms with Crippen molar-refractivity contribution in [1.29, 1.82) is 0 Å². The van der Waals surface area contributed by atoms with Gasteiger partial charge in [0.25, 0.3) is 0 Å². The van der Waals surface area contributed by atoms with E-state index >= 15 is 0 Å². The molecule has 22 heavy (non-hydrogen) atoms. The number of furan rings is 1. The van der Waals surface area contributed by atoms with Crippen molar-refractivity contribution in [3.63, 3.8) is 0 Å². The zero-order chi connectivity index (χ0) is 15.2. The summed E-state index contributed by atoms with van der Waals surface area (Å²) < 4.78 is 5.18. The molecule has 3 aromatic rings. The van der Waals surface area contributed by atoms with Crippen molar-refractivity contribution in [3.05, 3.63) is 60.2 Å². The van der Waals surface area contributed by atoms with Gasteiger partial charge in [-0.3, -0.25) is 4.79 Å². The second-order valence-corrected chi connectivity index (χ2v) is 6.12. The largest absolute Gasteiger partial charge is 0.467 e. The molecule has 0 radical (unpaired) electrons. The summed E-state index contributed by atoms with van der Waals surface area (Å²) in [5.41, 5.74) is 2.45. The number of hydrogen-bond donors (Lipinski definition) is 2. The molecule has 3 rings (SSSR count). The average molecular weight is 314 g/mol. The fraction of sp³-hybridized carbons (Fsp3) is 0.235. The highest BCUT2D eigenvalue weighted by atomic mass is 32.2. The Morgan fingerprint density at radius 3 is 3.00 bits per heavy atom. The van der Waals surface area contributed by atoms with Gasteiger partial charge in [-0.25, -0.2) is 0 Å². The summed E-state index contributed by atoms with van der Waals surface area (Å²) in [6.07, 6.45) is 4.18. The standard InChI is InChI=1S/C17H18N2O2S/c20-17(19-11-14-4-3-8-21-14)7-9-22-12-13-10-18-16-6-2-1-5-15(13)16/h1-6,8,10,18H,7,9,11-12H2,(H,19,20). The van der Waals surface area contributed by atoms with Crippen LogP contribution in [0.5, 0.6) is 0 Å². The van der Waals surface area contributed by atoms with E-state index in [1.54, 1.807) is 18.0 Å². The normalized spacial score (nSPS) is 10.9. The molecule has 0 aliphatic carbocycles. The Kier molecular flexibility index (Phi) is 4.85. The lowest BCUT2D eigenvalue weighted by molar-refractivity contribution is -0.120. The summed E-state index contributed by atoms with van der Waals surface area (Å²) in [5.74, 6) is 2.56. The maximum Gasteiger partial charge on any atom is 0.221 e. The topological polar surface area (TPSA) is 58.0 Å². The fourth-order valence-electron chi connectivity index (χ4n) is 2.29. The monoisotopic (exact) mass is 314 g/mol. The van der Waals surface area contributed by atoms with Gasteiger partial charge in [0.1, 0.15) is 5.76 Å². The molecule has 0 aliphatic heterocycles. The van der Waals surface area contributed by atoms with Crippen LogP contribution in [0.25, 0.3) is 10.9 Å². The zero-order valence-electron chi connectivity index (χ0n) is 12.2. The van der Waals surface area contributed by atoms with E-state index in [0.29, 0.717) is 13.0 Å². The molecule has 2 N–H and O–H groups in total. The maximum atomic E-state index is 11.7. The molecule has 0 spiro atoms. The van der Waals surface area contributed by atoms with E-state index in [-0.39, 0.29) is 5.91 Å². The maximum absolute atomic E-state index is 11.7. The first-order chi connectivity index (χ1) is 10.8. The lowest BCUT2D eigenvalue weighted by Crippen LogP contribution is -2.22. The van der Waals surface area contributed by atoms with Crippen LogP contribution < -0.4 is 5.32 Å². The smallest absolute Gasteiger partial charge is 0.221 e. The Morgan fingerprint density at radius 1 is 1.23 bits per heavy atom. The molecule has 4 nitrogen and oxygen atoms in total. The number of nitrogens with one attached hydrogen (secondary N) is 2. The fourth-order valence-corrected chi connectivity index (χ4v) is 3.22. The molecule has 114 valence electrons. The summed E-state index contributed by atoms with van der Waals surface area (Å²) in [5, 5.41) is 4.12. The Balaban J connectivity index is 1.39. The number of benzene rings is 1. The van der Waals surface area contributed by atoms with Crippen molar-refractivity contribution in [3.8, 4) is 0 Å². The SMILES string of the molecule is O=C(CCSCc1c[nH]c2ccccc12)NCc1ccco1. The molecule has 5 heteroatoms. The van der Waals surface area contributed by atoms with E-state index in [0.717, 1.165) is 22.8 Å². The van der Waals surface area contributed by atoms with Crippen LogP contribution in [0.2, 0.25) is 0 Å². The van der Waals surface area contributed by atoms with Gasteiger partial charge < -0.3 is 14.7 Å². The average Bonchev–Trinajstić information content (AvgIpc) is 3.19. The minimum atomic E-state index is 0.0582. The van der Waals surface area contributed by atoms with E-state index in [1.807, 2.05) is 24.3 Å². The van der Waals surface area contributed by atoms with Crippen LogP contribution >= 0.6 is 11.8 Å². The van der Waals surface area contributed by atoms with Gasteiger partial charge in [-0.2, -0.15) is 11.8 Å². The van der Waals surface area contributed by atoms with Crippen LogP contribution in [-0.4, -0.2) is 16.6 Å². The van der Waals surface area contributed by atoms with E-state index in [4.69, 9.17) is 4.42 Å². The Hall–Kier alpha value is -2.14. The number of amides is 1. The molecule has 1 aromatic carbocycles. The second kappa shape index (κ2) is 7.22. The van der Waals surface area contributed by atoms with Crippen LogP contribution in [0.1, 0.15) is 17.7 Å². The van der Waals surface area contributed by atoms with Gasteiger partial charge in [-0.1, -0.05) is 18.2 Å². The summed E-state index contributed by atoms with van der Waals surface area (Å²) in [6, 6.07) is 11.9. The zero-order valence-corrected chi connectivity index (χ0v) is 13.0. The quantitative estimate of drug-likeness (QED) is 0.654. The first-order valence-corrected chi connectivity index (χ1v) is 8.40. The molecule has 0 aliphatic rings. The molecule has 0 atom stereocenters. The van der Waals surface area contributed by atoms with Crippen molar-refractivity contribution in [2.75, 3.05) is 5.75 Å². The van der Waals surface area contributed by atoms with Crippen LogP contribution in [-0.2, 0) is 17.1 Å². The van der Waals surface area contributed by atoms with E-state index < -0.39 is 0 Å². The van der Waals surface area contributed by atoms with Crippen molar-refractivity contribution in [2.45, 2.75) is 18.7 Å². The summed E-state index contributed by atoms with van der Waals surface area (Å²) in [7, 11) is 0. The number of carbonyl (C=O) groups is 1. The first-order valence-electron chi connectivity index (χ1n) is 7.25. The van der Waals surface area contributed by atoms with Gasteiger partial charge in [-0.05, 0) is 23.8 Å². The van der Waals surface area contributed by atoms with Crippen molar-refractivity contribution < 1.29 is 9.21 Å². The number of thioether (sulfide) groups is 1. The highest BCUT2D eigenvalue weighted by Gasteiger charge is 2.05. The molecule has 1 amide bonds. The third-order valence-corrected chi connectivity index (χ3v) is 4.45. The highest BCUT2D eigenvalue weighted by molar-refractivity contribution is 7.98. The van der Waals surface area contributed by atoms with E-state index in [2.05, 4.69) is 28.6 Å². The van der Waals surface area contributed by atoms with Gasteiger partial charge in [0.2, 0.25) is 5.91 Å². The van der Waals surface area contributed by atoms with Crippen molar-refractivity contribution in [2.24, 2.45) is 0 Å². The van der Waals surface area contributed by atoms with Gasteiger partial charge in [0, 0.05) is 35.0 Å². The number of rotatable bonds is 7. The Bertz CT molecular complexity index is 734. The predicted octanol–water partition coefficient (Wildman–Crippen LogP) is 3.70. The number of hydrogen-bond acceptors (Lipinski definition) is 3. The lowest BCUT2D eigenvalue weighted by atomic mass is 10.2. The highest BCUT2D eigenvalue weighted by Crippen LogP contribution is 2.22. The minimum absolute atomic E-state index is 0.0582. The van der Waals surface area contributed by atoms with Gasteiger partial charge >= 0.3 is 0 Å². The Morgan fingerprint density at radius 2 is 2.14 bits per heavy atom. The number of carbonyl (C=O) groups excluding carboxylic acids is 1. The second-order valence-electron chi connectivity index (χ2n) is 5.02. The molecule has 0 unspecified atom stereocenters. The number of aromatic nitrogens is 1. The van der Waals surface area contributed by atoms with Gasteiger partial charge in [0.05, 0.1) is 12.8 Å². The third kappa shape index (κ3) is 3.74. The molecule has 2 heterocycles. The molecular weight excluding hydrogens is 296 g/mol. The van der Waals surface area contributed by atoms with Crippen LogP contribution in [0.4, 0.5) is 0 Å². The van der Waals surface area contributed by atoms with Crippen molar-refractivity contribution in [1.82, 2.24) is 10.3 Å². The molecule has 0 saturated heterocycles. The predicted molar refractivity (Wildman–Crippen MR) is 89.6 cm³/mol. The molecule has 0 bridgehead atoms. The third-order valence-electron chi connectivity index (χ3n) is 3.45. The Labute approximate surface area is 133 Å². The molecule has 0 fully saturated rings. The minimum Gasteiger partial charge on any atom is -0.467 e. The number of aromatic amines is 1. The van der Waals surface area contributed by atoms with E-state index in [1.165, 1.54) is 10.9 Å². The summed E-state index contributed by atoms with van der Waals surface area (Å²) >= 11 is 1.77. The summed E-state index contributed by atoms with van der Waals surface area (Å²) in [4.78, 5) is 15.0. The van der Waals surface area contributed by atoms with Gasteiger partial charge in [0.15, 0.2) is 0 Å². The molecule has 2 aromatic heterocycles. The number of fused-ring (bicyclic) bond motifs is 1. The van der Waals surface area contributed by atoms with Crippen LogP contribution in [0.3, 0.4) is 0 Å². The van der Waals surface area contributed by atoms with Crippen LogP contribution in [0, 0.1) is 0 Å². The van der Waals surface area contributed by atoms with Crippen molar-refractivity contribution >= 4 is 28.6 Å². The van der Waals surface area contributed by atoms with E-state index in [9.17, 15) is 4.79 Å². The number of para-hydroxylation sites is 1. The molecular formula is C17H18N2O2S. The molecule has 0 saturated carbocycles. The first kappa shape index (κ1) is 14.8. The van der Waals surface area contributed by atoms with Crippen LogP contribution in [0.15, 0.2) is 53.3 Å². The summed E-state index contributed by atoms with van der Waals surface area (Å²) in [6.45, 7) is 0.457. The lowest BCUT2D eigenvalue weighted by Gasteiger charge is -2.03. The number of H-pyrrole nitrogens is 1. The van der Waals surface area contributed by atoms with Gasteiger partial charge in [-0.15, -0.1) is 0 Å².